The number of carbonyl (C=O) groups is 1. The van der Waals surface area contributed by atoms with Crippen molar-refractivity contribution in [1.29, 1.82) is 5.26 Å². The highest BCUT2D eigenvalue weighted by Gasteiger charge is 2.46. The van der Waals surface area contributed by atoms with Gasteiger partial charge in [0.05, 0.1) is 23.2 Å². The summed E-state index contributed by atoms with van der Waals surface area (Å²) in [6.07, 6.45) is -0.345. The summed E-state index contributed by atoms with van der Waals surface area (Å²) in [5.41, 5.74) is -1.30. The molecule has 0 saturated heterocycles. The minimum absolute atomic E-state index is 0.240. The van der Waals surface area contributed by atoms with Crippen LogP contribution in [0.3, 0.4) is 0 Å². The van der Waals surface area contributed by atoms with Crippen molar-refractivity contribution in [2.75, 3.05) is 5.32 Å². The Morgan fingerprint density at radius 2 is 2.19 bits per heavy atom. The topological polar surface area (TPSA) is 73.1 Å². The van der Waals surface area contributed by atoms with E-state index >= 15 is 0 Å². The zero-order valence-electron chi connectivity index (χ0n) is 7.92. The molecule has 1 aliphatic heterocycles. The Labute approximate surface area is 101 Å². The standard InChI is InChI=1S/C10H6Cl2N2O2/c11-5-3-6-8(7(12)4-5)14-9(15)10(6,16)1-2-13/h3-4,16H,1H2,(H,14,15). The number of anilines is 1. The van der Waals surface area contributed by atoms with E-state index in [9.17, 15) is 9.90 Å². The minimum atomic E-state index is -1.86. The smallest absolute Gasteiger partial charge is 0.262 e. The number of hydrogen-bond acceptors (Lipinski definition) is 3. The second-order valence-corrected chi connectivity index (χ2v) is 4.30. The Morgan fingerprint density at radius 1 is 1.50 bits per heavy atom. The van der Waals surface area contributed by atoms with Gasteiger partial charge in [0.25, 0.3) is 5.91 Å². The van der Waals surface area contributed by atoms with Crippen LogP contribution in [0, 0.1) is 11.3 Å². The Bertz CT molecular complexity index is 524. The van der Waals surface area contributed by atoms with Gasteiger partial charge in [-0.2, -0.15) is 5.26 Å². The molecule has 1 unspecified atom stereocenters. The Hall–Kier alpha value is -1.28. The molecule has 82 valence electrons. The lowest BCUT2D eigenvalue weighted by molar-refractivity contribution is -0.133. The summed E-state index contributed by atoms with van der Waals surface area (Å²) in [6, 6.07) is 4.65. The number of benzene rings is 1. The summed E-state index contributed by atoms with van der Waals surface area (Å²) in [6.45, 7) is 0. The van der Waals surface area contributed by atoms with Crippen LogP contribution in [0.4, 0.5) is 5.69 Å². The number of fused-ring (bicyclic) bond motifs is 1. The van der Waals surface area contributed by atoms with Gasteiger partial charge in [-0.1, -0.05) is 23.2 Å². The van der Waals surface area contributed by atoms with Crippen LogP contribution < -0.4 is 5.32 Å². The van der Waals surface area contributed by atoms with E-state index in [0.29, 0.717) is 10.7 Å². The molecular formula is C10H6Cl2N2O2. The first-order chi connectivity index (χ1) is 7.49. The molecule has 16 heavy (non-hydrogen) atoms. The van der Waals surface area contributed by atoms with Gasteiger partial charge in [0.1, 0.15) is 0 Å². The maximum Gasteiger partial charge on any atom is 0.262 e. The number of amides is 1. The number of rotatable bonds is 1. The van der Waals surface area contributed by atoms with Crippen LogP contribution in [0.1, 0.15) is 12.0 Å². The molecule has 1 atom stereocenters. The molecule has 2 rings (SSSR count). The fraction of sp³-hybridized carbons (Fsp3) is 0.200. The van der Waals surface area contributed by atoms with Gasteiger partial charge < -0.3 is 10.4 Å². The average molecular weight is 257 g/mol. The van der Waals surface area contributed by atoms with Crippen LogP contribution >= 0.6 is 23.2 Å². The predicted molar refractivity (Wildman–Crippen MR) is 59.2 cm³/mol. The van der Waals surface area contributed by atoms with Crippen molar-refractivity contribution in [2.45, 2.75) is 12.0 Å². The first-order valence-electron chi connectivity index (χ1n) is 4.39. The Kier molecular flexibility index (Phi) is 2.55. The van der Waals surface area contributed by atoms with E-state index in [0.717, 1.165) is 0 Å². The largest absolute Gasteiger partial charge is 0.374 e. The zero-order valence-corrected chi connectivity index (χ0v) is 9.43. The van der Waals surface area contributed by atoms with Crippen LogP contribution in [-0.4, -0.2) is 11.0 Å². The number of nitriles is 1. The molecule has 6 heteroatoms. The van der Waals surface area contributed by atoms with Crippen LogP contribution in [0.2, 0.25) is 10.0 Å². The SMILES string of the molecule is N#CCC1(O)C(=O)Nc2c(Cl)cc(Cl)cc21. The number of nitrogens with one attached hydrogen (secondary N) is 1. The molecular weight excluding hydrogens is 251 g/mol. The van der Waals surface area contributed by atoms with E-state index in [1.807, 2.05) is 0 Å². The first-order valence-corrected chi connectivity index (χ1v) is 5.15. The third-order valence-corrected chi connectivity index (χ3v) is 2.97. The quantitative estimate of drug-likeness (QED) is 0.808. The monoisotopic (exact) mass is 256 g/mol. The molecule has 0 fully saturated rings. The van der Waals surface area contributed by atoms with Crippen molar-refractivity contribution < 1.29 is 9.90 Å². The van der Waals surface area contributed by atoms with E-state index in [2.05, 4.69) is 5.32 Å². The van der Waals surface area contributed by atoms with Crippen LogP contribution in [0.25, 0.3) is 0 Å². The second-order valence-electron chi connectivity index (χ2n) is 3.46. The molecule has 4 nitrogen and oxygen atoms in total. The highest BCUT2D eigenvalue weighted by Crippen LogP contribution is 2.43. The number of nitrogens with zero attached hydrogens (tertiary/aromatic N) is 1. The molecule has 1 aromatic carbocycles. The van der Waals surface area contributed by atoms with Gasteiger partial charge in [0.15, 0.2) is 5.60 Å². The van der Waals surface area contributed by atoms with Crippen LogP contribution in [-0.2, 0) is 10.4 Å². The normalized spacial score (nSPS) is 22.5. The lowest BCUT2D eigenvalue weighted by Crippen LogP contribution is -2.33. The van der Waals surface area contributed by atoms with E-state index in [-0.39, 0.29) is 17.0 Å². The van der Waals surface area contributed by atoms with Gasteiger partial charge in [-0.05, 0) is 12.1 Å². The Balaban J connectivity index is 2.66. The molecule has 0 saturated carbocycles. The number of halogens is 2. The zero-order chi connectivity index (χ0) is 11.9. The lowest BCUT2D eigenvalue weighted by atomic mass is 9.92. The minimum Gasteiger partial charge on any atom is -0.374 e. The average Bonchev–Trinajstić information content (AvgIpc) is 2.43. The highest BCUT2D eigenvalue weighted by molar-refractivity contribution is 6.37. The summed E-state index contributed by atoms with van der Waals surface area (Å²) in [4.78, 5) is 11.6. The third-order valence-electron chi connectivity index (χ3n) is 2.45. The molecule has 2 N–H and O–H groups in total. The van der Waals surface area contributed by atoms with Gasteiger partial charge in [0.2, 0.25) is 0 Å². The summed E-state index contributed by atoms with van der Waals surface area (Å²) in [5, 5.41) is 21.7. The summed E-state index contributed by atoms with van der Waals surface area (Å²) in [7, 11) is 0. The maximum atomic E-state index is 11.6. The van der Waals surface area contributed by atoms with Crippen molar-refractivity contribution in [1.82, 2.24) is 0 Å². The van der Waals surface area contributed by atoms with Gasteiger partial charge in [-0.3, -0.25) is 4.79 Å². The molecule has 1 amide bonds. The molecule has 0 radical (unpaired) electrons. The summed E-state index contributed by atoms with van der Waals surface area (Å²) >= 11 is 11.7. The summed E-state index contributed by atoms with van der Waals surface area (Å²) < 4.78 is 0. The molecule has 1 heterocycles. The molecule has 0 bridgehead atoms. The van der Waals surface area contributed by atoms with E-state index < -0.39 is 11.5 Å². The second kappa shape index (κ2) is 3.63. The molecule has 1 aromatic rings. The van der Waals surface area contributed by atoms with E-state index in [4.69, 9.17) is 28.5 Å². The Morgan fingerprint density at radius 3 is 2.81 bits per heavy atom. The molecule has 0 aromatic heterocycles. The predicted octanol–water partition coefficient (Wildman–Crippen LogP) is 2.05. The van der Waals surface area contributed by atoms with Crippen molar-refractivity contribution in [3.8, 4) is 6.07 Å². The van der Waals surface area contributed by atoms with Gasteiger partial charge in [-0.15, -0.1) is 0 Å². The third kappa shape index (κ3) is 1.45. The summed E-state index contributed by atoms with van der Waals surface area (Å²) in [5.74, 6) is -0.659. The number of hydrogen-bond donors (Lipinski definition) is 2. The number of carbonyl (C=O) groups excluding carboxylic acids is 1. The van der Waals surface area contributed by atoms with E-state index in [1.54, 1.807) is 6.07 Å². The molecule has 0 spiro atoms. The van der Waals surface area contributed by atoms with Crippen molar-refractivity contribution in [3.63, 3.8) is 0 Å². The maximum absolute atomic E-state index is 11.6. The van der Waals surface area contributed by atoms with Gasteiger partial charge in [-0.25, -0.2) is 0 Å². The highest BCUT2D eigenvalue weighted by atomic mass is 35.5. The van der Waals surface area contributed by atoms with Crippen molar-refractivity contribution in [2.24, 2.45) is 0 Å². The van der Waals surface area contributed by atoms with Crippen LogP contribution in [0.15, 0.2) is 12.1 Å². The van der Waals surface area contributed by atoms with Crippen molar-refractivity contribution >= 4 is 34.8 Å². The lowest BCUT2D eigenvalue weighted by Gasteiger charge is -2.16. The van der Waals surface area contributed by atoms with Gasteiger partial charge in [0, 0.05) is 10.6 Å². The fourth-order valence-electron chi connectivity index (χ4n) is 1.66. The van der Waals surface area contributed by atoms with E-state index in [1.165, 1.54) is 12.1 Å². The fourth-order valence-corrected chi connectivity index (χ4v) is 2.20. The molecule has 1 aliphatic rings. The van der Waals surface area contributed by atoms with Gasteiger partial charge >= 0.3 is 0 Å². The molecule has 0 aliphatic carbocycles. The first kappa shape index (κ1) is 11.2. The van der Waals surface area contributed by atoms with Crippen LogP contribution in [0.5, 0.6) is 0 Å². The number of aliphatic hydroxyl groups is 1. The van der Waals surface area contributed by atoms with Crippen molar-refractivity contribution in [3.05, 3.63) is 27.7 Å².